The van der Waals surface area contributed by atoms with E-state index in [1.165, 1.54) is 0 Å². The van der Waals surface area contributed by atoms with Crippen LogP contribution in [0, 0.1) is 6.92 Å². The Hall–Kier alpha value is -2.24. The van der Waals surface area contributed by atoms with Crippen LogP contribution in [-0.4, -0.2) is 35.9 Å². The number of hydrogen-bond donors (Lipinski definition) is 2. The molecule has 0 aliphatic rings. The highest BCUT2D eigenvalue weighted by Crippen LogP contribution is 2.29. The number of H-pyrrole nitrogens is 1. The lowest BCUT2D eigenvalue weighted by molar-refractivity contribution is 0.355. The molecule has 1 heterocycles. The van der Waals surface area contributed by atoms with Gasteiger partial charge in [0.25, 0.3) is 0 Å². The Morgan fingerprint density at radius 1 is 1.21 bits per heavy atom. The number of nitrogens with zero attached hydrogens (tertiary/aromatic N) is 2. The molecule has 19 heavy (non-hydrogen) atoms. The van der Waals surface area contributed by atoms with Crippen molar-refractivity contribution in [2.45, 2.75) is 13.3 Å². The Labute approximate surface area is 112 Å². The van der Waals surface area contributed by atoms with Crippen LogP contribution in [0.4, 0.5) is 5.69 Å². The molecule has 0 fully saturated rings. The Morgan fingerprint density at radius 2 is 2.00 bits per heavy atom. The number of benzene rings is 1. The molecule has 0 aliphatic carbocycles. The summed E-state index contributed by atoms with van der Waals surface area (Å²) in [5.74, 6) is 3.07. The van der Waals surface area contributed by atoms with E-state index in [0.717, 1.165) is 36.1 Å². The summed E-state index contributed by atoms with van der Waals surface area (Å²) in [5, 5.41) is 10.2. The van der Waals surface area contributed by atoms with Crippen molar-refractivity contribution in [3.8, 4) is 11.5 Å². The van der Waals surface area contributed by atoms with E-state index in [1.54, 1.807) is 14.2 Å². The summed E-state index contributed by atoms with van der Waals surface area (Å²) in [4.78, 5) is 4.25. The van der Waals surface area contributed by atoms with Gasteiger partial charge in [0.15, 0.2) is 17.3 Å². The van der Waals surface area contributed by atoms with Gasteiger partial charge in [0.05, 0.1) is 14.2 Å². The van der Waals surface area contributed by atoms with E-state index in [2.05, 4.69) is 20.5 Å². The maximum Gasteiger partial charge on any atom is 0.162 e. The number of anilines is 1. The lowest BCUT2D eigenvalue weighted by atomic mass is 10.2. The SMILES string of the molecule is COc1ccc(NCCc2n[nH]c(C)n2)cc1OC. The van der Waals surface area contributed by atoms with Crippen LogP contribution in [0.15, 0.2) is 18.2 Å². The van der Waals surface area contributed by atoms with Gasteiger partial charge in [0, 0.05) is 24.7 Å². The zero-order chi connectivity index (χ0) is 13.7. The summed E-state index contributed by atoms with van der Waals surface area (Å²) in [6.07, 6.45) is 0.763. The van der Waals surface area contributed by atoms with Crippen LogP contribution in [0.5, 0.6) is 11.5 Å². The number of ether oxygens (including phenoxy) is 2. The predicted octanol–water partition coefficient (Wildman–Crippen LogP) is 1.78. The number of aromatic nitrogens is 3. The summed E-state index contributed by atoms with van der Waals surface area (Å²) in [5.41, 5.74) is 0.977. The van der Waals surface area contributed by atoms with Gasteiger partial charge in [0.2, 0.25) is 0 Å². The van der Waals surface area contributed by atoms with Crippen molar-refractivity contribution in [1.82, 2.24) is 15.2 Å². The van der Waals surface area contributed by atoms with Gasteiger partial charge in [-0.25, -0.2) is 4.98 Å². The van der Waals surface area contributed by atoms with E-state index < -0.39 is 0 Å². The van der Waals surface area contributed by atoms with Crippen LogP contribution in [0.3, 0.4) is 0 Å². The largest absolute Gasteiger partial charge is 0.493 e. The summed E-state index contributed by atoms with van der Waals surface area (Å²) in [6, 6.07) is 5.73. The molecule has 0 aliphatic heterocycles. The van der Waals surface area contributed by atoms with E-state index in [1.807, 2.05) is 25.1 Å². The van der Waals surface area contributed by atoms with E-state index in [9.17, 15) is 0 Å². The standard InChI is InChI=1S/C13H18N4O2/c1-9-15-13(17-16-9)6-7-14-10-4-5-11(18-2)12(8-10)19-3/h4-5,8,14H,6-7H2,1-3H3,(H,15,16,17). The molecule has 1 aromatic heterocycles. The zero-order valence-corrected chi connectivity index (χ0v) is 11.4. The molecule has 6 nitrogen and oxygen atoms in total. The van der Waals surface area contributed by atoms with E-state index >= 15 is 0 Å². The second kappa shape index (κ2) is 6.08. The fourth-order valence-electron chi connectivity index (χ4n) is 1.77. The molecule has 0 amide bonds. The molecule has 0 spiro atoms. The molecule has 2 N–H and O–H groups in total. The first-order valence-corrected chi connectivity index (χ1v) is 6.06. The number of hydrogen-bond acceptors (Lipinski definition) is 5. The van der Waals surface area contributed by atoms with Gasteiger partial charge >= 0.3 is 0 Å². The molecule has 0 unspecified atom stereocenters. The molecule has 2 rings (SSSR count). The van der Waals surface area contributed by atoms with Crippen molar-refractivity contribution in [1.29, 1.82) is 0 Å². The van der Waals surface area contributed by atoms with Gasteiger partial charge in [-0.1, -0.05) is 0 Å². The third-order valence-corrected chi connectivity index (χ3v) is 2.70. The molecule has 0 atom stereocenters. The average molecular weight is 262 g/mol. The highest BCUT2D eigenvalue weighted by Gasteiger charge is 2.04. The second-order valence-corrected chi connectivity index (χ2v) is 4.08. The maximum atomic E-state index is 5.25. The minimum Gasteiger partial charge on any atom is -0.493 e. The van der Waals surface area contributed by atoms with Crippen molar-refractivity contribution < 1.29 is 9.47 Å². The molecule has 0 saturated heterocycles. The van der Waals surface area contributed by atoms with E-state index in [0.29, 0.717) is 5.75 Å². The Balaban J connectivity index is 1.92. The smallest absolute Gasteiger partial charge is 0.162 e. The van der Waals surface area contributed by atoms with Crippen LogP contribution >= 0.6 is 0 Å². The summed E-state index contributed by atoms with van der Waals surface area (Å²) in [6.45, 7) is 2.64. The number of rotatable bonds is 6. The van der Waals surface area contributed by atoms with Gasteiger partial charge < -0.3 is 14.8 Å². The lowest BCUT2D eigenvalue weighted by Crippen LogP contribution is -2.06. The first-order chi connectivity index (χ1) is 9.22. The fourth-order valence-corrected chi connectivity index (χ4v) is 1.77. The van der Waals surface area contributed by atoms with Gasteiger partial charge in [-0.15, -0.1) is 0 Å². The van der Waals surface area contributed by atoms with Gasteiger partial charge in [-0.3, -0.25) is 5.10 Å². The minimum absolute atomic E-state index is 0.709. The van der Waals surface area contributed by atoms with Crippen molar-refractivity contribution in [2.75, 3.05) is 26.1 Å². The first-order valence-electron chi connectivity index (χ1n) is 6.06. The Kier molecular flexibility index (Phi) is 4.22. The van der Waals surface area contributed by atoms with E-state index in [4.69, 9.17) is 9.47 Å². The number of aromatic amines is 1. The number of aryl methyl sites for hydroxylation is 1. The average Bonchev–Trinajstić information content (AvgIpc) is 2.84. The van der Waals surface area contributed by atoms with Gasteiger partial charge in [-0.05, 0) is 19.1 Å². The van der Waals surface area contributed by atoms with Gasteiger partial charge in [0.1, 0.15) is 5.82 Å². The number of nitrogens with one attached hydrogen (secondary N) is 2. The second-order valence-electron chi connectivity index (χ2n) is 4.08. The molecule has 0 saturated carbocycles. The number of methoxy groups -OCH3 is 2. The third-order valence-electron chi connectivity index (χ3n) is 2.70. The van der Waals surface area contributed by atoms with Gasteiger partial charge in [-0.2, -0.15) is 5.10 Å². The van der Waals surface area contributed by atoms with Crippen LogP contribution < -0.4 is 14.8 Å². The molecule has 0 radical (unpaired) electrons. The van der Waals surface area contributed by atoms with Crippen molar-refractivity contribution in [3.05, 3.63) is 29.8 Å². The normalized spacial score (nSPS) is 10.3. The molecule has 102 valence electrons. The summed E-state index contributed by atoms with van der Waals surface area (Å²) >= 11 is 0. The van der Waals surface area contributed by atoms with Crippen molar-refractivity contribution in [2.24, 2.45) is 0 Å². The summed E-state index contributed by atoms with van der Waals surface area (Å²) < 4.78 is 10.4. The van der Waals surface area contributed by atoms with E-state index in [-0.39, 0.29) is 0 Å². The first kappa shape index (κ1) is 13.2. The molecule has 2 aromatic rings. The van der Waals surface area contributed by atoms with Crippen LogP contribution in [0.1, 0.15) is 11.6 Å². The molecule has 0 bridgehead atoms. The van der Waals surface area contributed by atoms with Crippen molar-refractivity contribution >= 4 is 5.69 Å². The molecule has 1 aromatic carbocycles. The Bertz CT molecular complexity index is 539. The fraction of sp³-hybridized carbons (Fsp3) is 0.385. The van der Waals surface area contributed by atoms with Crippen LogP contribution in [0.25, 0.3) is 0 Å². The predicted molar refractivity (Wildman–Crippen MR) is 72.9 cm³/mol. The summed E-state index contributed by atoms with van der Waals surface area (Å²) in [7, 11) is 3.24. The highest BCUT2D eigenvalue weighted by molar-refractivity contribution is 5.54. The minimum atomic E-state index is 0.709. The lowest BCUT2D eigenvalue weighted by Gasteiger charge is -2.10. The maximum absolute atomic E-state index is 5.25. The van der Waals surface area contributed by atoms with Crippen LogP contribution in [-0.2, 0) is 6.42 Å². The molecular weight excluding hydrogens is 244 g/mol. The highest BCUT2D eigenvalue weighted by atomic mass is 16.5. The molecule has 6 heteroatoms. The zero-order valence-electron chi connectivity index (χ0n) is 11.4. The van der Waals surface area contributed by atoms with Crippen LogP contribution in [0.2, 0.25) is 0 Å². The monoisotopic (exact) mass is 262 g/mol. The quantitative estimate of drug-likeness (QED) is 0.830. The molecular formula is C13H18N4O2. The topological polar surface area (TPSA) is 72.1 Å². The van der Waals surface area contributed by atoms with Crippen molar-refractivity contribution in [3.63, 3.8) is 0 Å². The Morgan fingerprint density at radius 3 is 2.63 bits per heavy atom. The third kappa shape index (κ3) is 3.37.